The fraction of sp³-hybridized carbons (Fsp3) is 0.433. The molecule has 0 bridgehead atoms. The number of amides is 1. The van der Waals surface area contributed by atoms with Gasteiger partial charge in [-0.25, -0.2) is 13.8 Å². The van der Waals surface area contributed by atoms with E-state index in [1.54, 1.807) is 0 Å². The fourth-order valence-corrected chi connectivity index (χ4v) is 7.11. The highest BCUT2D eigenvalue weighted by Gasteiger charge is 2.47. The van der Waals surface area contributed by atoms with Crippen LogP contribution >= 0.6 is 10.6 Å². The minimum absolute atomic E-state index is 0.0686. The number of rotatable bonds is 6. The van der Waals surface area contributed by atoms with Gasteiger partial charge in [0.2, 0.25) is 11.8 Å². The molecule has 3 fully saturated rings. The fourth-order valence-electron chi connectivity index (χ4n) is 5.88. The van der Waals surface area contributed by atoms with Gasteiger partial charge in [0.15, 0.2) is 0 Å². The van der Waals surface area contributed by atoms with Crippen LogP contribution in [0.4, 0.5) is 14.5 Å². The van der Waals surface area contributed by atoms with Crippen molar-refractivity contribution < 1.29 is 27.1 Å². The summed E-state index contributed by atoms with van der Waals surface area (Å²) in [6.45, 7) is 1.07. The second kappa shape index (κ2) is 10.7. The van der Waals surface area contributed by atoms with Crippen LogP contribution in [0.5, 0.6) is 0 Å². The Labute approximate surface area is 238 Å². The minimum Gasteiger partial charge on any atom is -0.440 e. The van der Waals surface area contributed by atoms with E-state index in [4.69, 9.17) is 9.40 Å². The Balaban J connectivity index is 1.36. The first-order valence-corrected chi connectivity index (χ1v) is 15.8. The summed E-state index contributed by atoms with van der Waals surface area (Å²) in [7, 11) is -2.51. The van der Waals surface area contributed by atoms with Crippen LogP contribution in [0.15, 0.2) is 46.9 Å². The van der Waals surface area contributed by atoms with E-state index >= 15 is 0 Å². The van der Waals surface area contributed by atoms with Crippen molar-refractivity contribution in [3.05, 3.63) is 59.9 Å². The molecule has 0 unspecified atom stereocenters. The van der Waals surface area contributed by atoms with E-state index in [9.17, 15) is 27.9 Å². The lowest BCUT2D eigenvalue weighted by Crippen LogP contribution is -2.42. The third-order valence-corrected chi connectivity index (χ3v) is 10.1. The molecule has 41 heavy (non-hydrogen) atoms. The Morgan fingerprint density at radius 1 is 1.05 bits per heavy atom. The van der Waals surface area contributed by atoms with Crippen LogP contribution in [0.25, 0.3) is 22.7 Å². The predicted molar refractivity (Wildman–Crippen MR) is 153 cm³/mol. The Morgan fingerprint density at radius 3 is 2.34 bits per heavy atom. The van der Waals surface area contributed by atoms with Crippen LogP contribution in [0, 0.1) is 28.9 Å². The minimum atomic E-state index is -2.51. The van der Waals surface area contributed by atoms with Gasteiger partial charge in [-0.15, -0.1) is 0 Å². The van der Waals surface area contributed by atoms with Crippen molar-refractivity contribution >= 4 is 22.2 Å². The molecule has 2 aliphatic carbocycles. The third-order valence-electron chi connectivity index (χ3n) is 8.41. The van der Waals surface area contributed by atoms with Crippen LogP contribution in [-0.4, -0.2) is 50.1 Å². The zero-order valence-corrected chi connectivity index (χ0v) is 23.3. The molecule has 1 amide bonds. The first kappa shape index (κ1) is 27.7. The van der Waals surface area contributed by atoms with Crippen LogP contribution < -0.4 is 10.2 Å². The molecule has 2 heterocycles. The topological polar surface area (TPSA) is 123 Å². The SMILES string of the molecule is N#CC1(NC(=O)[C@@H]2CCCC[C@H]2c2oc(-c3cc(F)cc(F)c3)nc2-c2ccc(N3CCS(O)(O)CC3)cc2)CC1. The maximum absolute atomic E-state index is 14.1. The lowest BCUT2D eigenvalue weighted by molar-refractivity contribution is -0.127. The highest BCUT2D eigenvalue weighted by molar-refractivity contribution is 8.24. The average Bonchev–Trinajstić information content (AvgIpc) is 3.59. The standard InChI is InChI=1S/C30H32F2N4O4S/c31-21-15-20(16-22(32)17-21)29-34-26(19-5-7-23(8-6-19)36-11-13-41(38,39)14-12-36)27(40-29)24-3-1-2-4-25(24)28(37)35-30(18-33)9-10-30/h5-8,15-17,24-25,38-39H,1-4,9-14H2,(H,35,37)/t24-,25-/m1/s1. The summed E-state index contributed by atoms with van der Waals surface area (Å²) in [6.07, 6.45) is 4.34. The van der Waals surface area contributed by atoms with E-state index in [1.807, 2.05) is 24.3 Å². The number of carbonyl (C=O) groups excluding carboxylic acids is 1. The molecule has 8 nitrogen and oxygen atoms in total. The van der Waals surface area contributed by atoms with Gasteiger partial charge in [0.05, 0.1) is 17.6 Å². The zero-order valence-electron chi connectivity index (χ0n) is 22.5. The van der Waals surface area contributed by atoms with Crippen molar-refractivity contribution in [2.75, 3.05) is 29.5 Å². The summed E-state index contributed by atoms with van der Waals surface area (Å²) in [5.74, 6) is -1.20. The third kappa shape index (κ3) is 5.82. The molecule has 2 saturated carbocycles. The molecule has 11 heteroatoms. The molecule has 3 N–H and O–H groups in total. The molecular weight excluding hydrogens is 550 g/mol. The lowest BCUT2D eigenvalue weighted by Gasteiger charge is -2.41. The van der Waals surface area contributed by atoms with E-state index in [1.165, 1.54) is 12.1 Å². The molecule has 0 radical (unpaired) electrons. The normalized spacial score (nSPS) is 23.8. The van der Waals surface area contributed by atoms with Crippen LogP contribution in [0.2, 0.25) is 0 Å². The molecule has 1 aliphatic heterocycles. The first-order chi connectivity index (χ1) is 19.7. The average molecular weight is 583 g/mol. The summed E-state index contributed by atoms with van der Waals surface area (Å²) in [5, 5.41) is 12.5. The van der Waals surface area contributed by atoms with Gasteiger partial charge < -0.3 is 14.6 Å². The second-order valence-corrected chi connectivity index (χ2v) is 13.7. The molecule has 3 aromatic rings. The van der Waals surface area contributed by atoms with Crippen molar-refractivity contribution in [2.45, 2.75) is 50.0 Å². The van der Waals surface area contributed by atoms with Gasteiger partial charge in [0.1, 0.15) is 28.6 Å². The van der Waals surface area contributed by atoms with Gasteiger partial charge in [-0.1, -0.05) is 25.0 Å². The zero-order chi connectivity index (χ0) is 28.8. The van der Waals surface area contributed by atoms with Gasteiger partial charge in [-0.3, -0.25) is 13.9 Å². The van der Waals surface area contributed by atoms with Crippen molar-refractivity contribution in [1.29, 1.82) is 5.26 Å². The first-order valence-electron chi connectivity index (χ1n) is 13.9. The molecule has 6 rings (SSSR count). The molecule has 3 aliphatic rings. The number of nitrogens with one attached hydrogen (secondary N) is 1. The molecule has 216 valence electrons. The van der Waals surface area contributed by atoms with E-state index in [-0.39, 0.29) is 23.3 Å². The summed E-state index contributed by atoms with van der Waals surface area (Å²) in [5.41, 5.74) is 1.55. The van der Waals surface area contributed by atoms with Crippen molar-refractivity contribution in [3.63, 3.8) is 0 Å². The van der Waals surface area contributed by atoms with Gasteiger partial charge in [0, 0.05) is 47.8 Å². The molecule has 1 aromatic heterocycles. The van der Waals surface area contributed by atoms with Crippen LogP contribution in [0.1, 0.15) is 50.2 Å². The monoisotopic (exact) mass is 582 g/mol. The Morgan fingerprint density at radius 2 is 1.71 bits per heavy atom. The maximum Gasteiger partial charge on any atom is 0.227 e. The summed E-state index contributed by atoms with van der Waals surface area (Å²) in [6, 6.07) is 13.0. The molecule has 2 atom stereocenters. The lowest BCUT2D eigenvalue weighted by atomic mass is 9.76. The van der Waals surface area contributed by atoms with Gasteiger partial charge >= 0.3 is 0 Å². The number of anilines is 1. The largest absolute Gasteiger partial charge is 0.440 e. The number of halogens is 2. The van der Waals surface area contributed by atoms with Crippen molar-refractivity contribution in [1.82, 2.24) is 10.3 Å². The van der Waals surface area contributed by atoms with Gasteiger partial charge in [-0.2, -0.15) is 15.9 Å². The van der Waals surface area contributed by atoms with Crippen LogP contribution in [0.3, 0.4) is 0 Å². The number of oxazole rings is 1. The number of benzene rings is 2. The van der Waals surface area contributed by atoms with Crippen molar-refractivity contribution in [2.24, 2.45) is 5.92 Å². The quantitative estimate of drug-likeness (QED) is 0.312. The van der Waals surface area contributed by atoms with E-state index in [0.717, 1.165) is 30.2 Å². The summed E-state index contributed by atoms with van der Waals surface area (Å²) < 4.78 is 54.4. The van der Waals surface area contributed by atoms with E-state index in [2.05, 4.69) is 16.3 Å². The number of nitrogens with zero attached hydrogens (tertiary/aromatic N) is 3. The summed E-state index contributed by atoms with van der Waals surface area (Å²) >= 11 is 0. The van der Waals surface area contributed by atoms with Gasteiger partial charge in [-0.05, 0) is 49.9 Å². The van der Waals surface area contributed by atoms with E-state index < -0.39 is 33.7 Å². The highest BCUT2D eigenvalue weighted by Crippen LogP contribution is 2.45. The van der Waals surface area contributed by atoms with Crippen LogP contribution in [-0.2, 0) is 4.79 Å². The molecule has 1 saturated heterocycles. The molecule has 0 spiro atoms. The molecular formula is C30H32F2N4O4S. The summed E-state index contributed by atoms with van der Waals surface area (Å²) in [4.78, 5) is 20.2. The predicted octanol–water partition coefficient (Wildman–Crippen LogP) is 6.30. The molecule has 2 aromatic carbocycles. The Bertz CT molecular complexity index is 1470. The number of nitriles is 1. The maximum atomic E-state index is 14.1. The number of carbonyl (C=O) groups is 1. The second-order valence-electron chi connectivity index (χ2n) is 11.3. The Kier molecular flexibility index (Phi) is 7.26. The smallest absolute Gasteiger partial charge is 0.227 e. The highest BCUT2D eigenvalue weighted by atomic mass is 32.3. The number of hydrogen-bond acceptors (Lipinski definition) is 7. The number of aromatic nitrogens is 1. The van der Waals surface area contributed by atoms with E-state index in [0.29, 0.717) is 61.7 Å². The Hall–Kier alpha value is -3.46. The van der Waals surface area contributed by atoms with Crippen molar-refractivity contribution in [3.8, 4) is 28.8 Å². The van der Waals surface area contributed by atoms with Gasteiger partial charge in [0.25, 0.3) is 0 Å². The number of hydrogen-bond donors (Lipinski definition) is 3.